The molecule has 0 heterocycles. The normalized spacial score (nSPS) is 11.0. The number of aryl methyl sites for hydroxylation is 1. The van der Waals surface area contributed by atoms with E-state index in [0.29, 0.717) is 17.0 Å². The number of nitrogens with one attached hydrogen (secondary N) is 1. The lowest BCUT2D eigenvalue weighted by Crippen LogP contribution is -2.37. The molecule has 0 aliphatic rings. The van der Waals surface area contributed by atoms with Gasteiger partial charge in [-0.3, -0.25) is 19.2 Å². The molecule has 0 fully saturated rings. The zero-order valence-electron chi connectivity index (χ0n) is 15.3. The van der Waals surface area contributed by atoms with Gasteiger partial charge in [0.15, 0.2) is 0 Å². The van der Waals surface area contributed by atoms with Crippen LogP contribution in [-0.2, 0) is 14.8 Å². The standard InChI is InChI=1S/C17H18ClN3O6S/c1-11-4-6-13(21(23)24)9-15(11)20(28(3,25)26)10-17(22)19-12-5-7-16(27-2)14(18)8-12/h4-9H,10H2,1-3H3,(H,19,22). The number of carbonyl (C=O) groups is 1. The van der Waals surface area contributed by atoms with Gasteiger partial charge in [-0.1, -0.05) is 17.7 Å². The highest BCUT2D eigenvalue weighted by atomic mass is 35.5. The van der Waals surface area contributed by atoms with Crippen molar-refractivity contribution in [2.24, 2.45) is 0 Å². The molecule has 28 heavy (non-hydrogen) atoms. The minimum atomic E-state index is -3.89. The Balaban J connectivity index is 2.31. The Morgan fingerprint density at radius 1 is 1.29 bits per heavy atom. The summed E-state index contributed by atoms with van der Waals surface area (Å²) in [6.45, 7) is 1.03. The molecule has 0 bridgehead atoms. The van der Waals surface area contributed by atoms with Crippen molar-refractivity contribution in [1.82, 2.24) is 0 Å². The number of hydrogen-bond acceptors (Lipinski definition) is 6. The average molecular weight is 428 g/mol. The van der Waals surface area contributed by atoms with Gasteiger partial charge in [-0.05, 0) is 30.7 Å². The van der Waals surface area contributed by atoms with Gasteiger partial charge in [0.1, 0.15) is 12.3 Å². The molecular weight excluding hydrogens is 410 g/mol. The van der Waals surface area contributed by atoms with Crippen LogP contribution in [0.2, 0.25) is 5.02 Å². The summed E-state index contributed by atoms with van der Waals surface area (Å²) in [5.74, 6) is -0.220. The van der Waals surface area contributed by atoms with Crippen molar-refractivity contribution in [1.29, 1.82) is 0 Å². The molecule has 11 heteroatoms. The number of anilines is 2. The molecule has 1 amide bonds. The SMILES string of the molecule is COc1ccc(NC(=O)CN(c2cc([N+](=O)[O-])ccc2C)S(C)(=O)=O)cc1Cl. The molecule has 2 aromatic carbocycles. The van der Waals surface area contributed by atoms with Crippen LogP contribution >= 0.6 is 11.6 Å². The van der Waals surface area contributed by atoms with Gasteiger partial charge >= 0.3 is 0 Å². The summed E-state index contributed by atoms with van der Waals surface area (Å²) >= 11 is 6.01. The highest BCUT2D eigenvalue weighted by Crippen LogP contribution is 2.29. The van der Waals surface area contributed by atoms with Crippen LogP contribution in [-0.4, -0.2) is 39.2 Å². The Morgan fingerprint density at radius 2 is 1.96 bits per heavy atom. The molecule has 0 saturated carbocycles. The first-order chi connectivity index (χ1) is 13.0. The smallest absolute Gasteiger partial charge is 0.271 e. The van der Waals surface area contributed by atoms with E-state index in [1.165, 1.54) is 25.3 Å². The molecule has 0 atom stereocenters. The van der Waals surface area contributed by atoms with Gasteiger partial charge in [0.2, 0.25) is 15.9 Å². The maximum atomic E-state index is 12.4. The number of non-ortho nitro benzene ring substituents is 1. The van der Waals surface area contributed by atoms with Crippen molar-refractivity contribution in [3.05, 3.63) is 57.1 Å². The number of amides is 1. The second kappa shape index (κ2) is 8.44. The van der Waals surface area contributed by atoms with Gasteiger partial charge < -0.3 is 10.1 Å². The van der Waals surface area contributed by atoms with E-state index in [4.69, 9.17) is 16.3 Å². The van der Waals surface area contributed by atoms with Gasteiger partial charge in [0.25, 0.3) is 5.69 Å². The molecule has 0 aliphatic heterocycles. The molecule has 0 aromatic heterocycles. The monoisotopic (exact) mass is 427 g/mol. The maximum Gasteiger partial charge on any atom is 0.271 e. The predicted molar refractivity (Wildman–Crippen MR) is 107 cm³/mol. The number of rotatable bonds is 7. The van der Waals surface area contributed by atoms with Crippen LogP contribution in [0.3, 0.4) is 0 Å². The molecule has 2 aromatic rings. The number of benzene rings is 2. The lowest BCUT2D eigenvalue weighted by Gasteiger charge is -2.23. The second-order valence-corrected chi connectivity index (χ2v) is 8.21. The minimum Gasteiger partial charge on any atom is -0.495 e. The first kappa shape index (κ1) is 21.5. The van der Waals surface area contributed by atoms with E-state index >= 15 is 0 Å². The third-order valence-electron chi connectivity index (χ3n) is 3.80. The highest BCUT2D eigenvalue weighted by Gasteiger charge is 2.24. The lowest BCUT2D eigenvalue weighted by molar-refractivity contribution is -0.384. The molecule has 0 spiro atoms. The fraction of sp³-hybridized carbons (Fsp3) is 0.235. The number of ether oxygens (including phenoxy) is 1. The van der Waals surface area contributed by atoms with Crippen molar-refractivity contribution >= 4 is 44.6 Å². The van der Waals surface area contributed by atoms with Crippen LogP contribution in [0.5, 0.6) is 5.75 Å². The van der Waals surface area contributed by atoms with E-state index in [-0.39, 0.29) is 16.4 Å². The molecule has 150 valence electrons. The number of nitrogens with zero attached hydrogens (tertiary/aromatic N) is 2. The summed E-state index contributed by atoms with van der Waals surface area (Å²) in [5, 5.41) is 13.8. The van der Waals surface area contributed by atoms with Gasteiger partial charge in [0.05, 0.1) is 29.0 Å². The van der Waals surface area contributed by atoms with E-state index in [9.17, 15) is 23.3 Å². The number of halogens is 1. The van der Waals surface area contributed by atoms with Gasteiger partial charge in [-0.25, -0.2) is 8.42 Å². The van der Waals surface area contributed by atoms with Crippen LogP contribution < -0.4 is 14.4 Å². The van der Waals surface area contributed by atoms with Crippen LogP contribution in [0.15, 0.2) is 36.4 Å². The Morgan fingerprint density at radius 3 is 2.50 bits per heavy atom. The van der Waals surface area contributed by atoms with Gasteiger partial charge in [0, 0.05) is 17.8 Å². The highest BCUT2D eigenvalue weighted by molar-refractivity contribution is 7.92. The predicted octanol–water partition coefficient (Wildman–Crippen LogP) is 2.97. The first-order valence-corrected chi connectivity index (χ1v) is 10.1. The van der Waals surface area contributed by atoms with E-state index in [0.717, 1.165) is 16.6 Å². The summed E-state index contributed by atoms with van der Waals surface area (Å²) in [7, 11) is -2.44. The van der Waals surface area contributed by atoms with Crippen molar-refractivity contribution in [3.8, 4) is 5.75 Å². The van der Waals surface area contributed by atoms with Crippen molar-refractivity contribution < 1.29 is 22.9 Å². The third-order valence-corrected chi connectivity index (χ3v) is 5.22. The summed E-state index contributed by atoms with van der Waals surface area (Å²) < 4.78 is 30.3. The van der Waals surface area contributed by atoms with Crippen molar-refractivity contribution in [3.63, 3.8) is 0 Å². The first-order valence-electron chi connectivity index (χ1n) is 7.89. The van der Waals surface area contributed by atoms with Gasteiger partial charge in [-0.2, -0.15) is 0 Å². The molecule has 9 nitrogen and oxygen atoms in total. The van der Waals surface area contributed by atoms with E-state index in [2.05, 4.69) is 5.32 Å². The van der Waals surface area contributed by atoms with Crippen molar-refractivity contribution in [2.45, 2.75) is 6.92 Å². The number of nitro benzene ring substituents is 1. The fourth-order valence-electron chi connectivity index (χ4n) is 2.44. The quantitative estimate of drug-likeness (QED) is 0.536. The summed E-state index contributed by atoms with van der Waals surface area (Å²) in [6, 6.07) is 8.37. The largest absolute Gasteiger partial charge is 0.495 e. The molecule has 1 N–H and O–H groups in total. The van der Waals surface area contributed by atoms with E-state index in [1.807, 2.05) is 0 Å². The van der Waals surface area contributed by atoms with E-state index in [1.54, 1.807) is 19.1 Å². The lowest BCUT2D eigenvalue weighted by atomic mass is 10.2. The number of carbonyl (C=O) groups excluding carboxylic acids is 1. The molecule has 0 unspecified atom stereocenters. The molecular formula is C17H18ClN3O6S. The van der Waals surface area contributed by atoms with Crippen molar-refractivity contribution in [2.75, 3.05) is 29.5 Å². The van der Waals surface area contributed by atoms with Crippen LogP contribution in [0, 0.1) is 17.0 Å². The number of hydrogen-bond donors (Lipinski definition) is 1. The molecule has 0 radical (unpaired) electrons. The number of nitro groups is 1. The fourth-order valence-corrected chi connectivity index (χ4v) is 3.60. The average Bonchev–Trinajstić information content (AvgIpc) is 2.59. The second-order valence-electron chi connectivity index (χ2n) is 5.90. The number of methoxy groups -OCH3 is 1. The molecule has 0 aliphatic carbocycles. The minimum absolute atomic E-state index is 0.0552. The van der Waals surface area contributed by atoms with Gasteiger partial charge in [-0.15, -0.1) is 0 Å². The zero-order chi connectivity index (χ0) is 21.1. The zero-order valence-corrected chi connectivity index (χ0v) is 16.9. The Kier molecular flexibility index (Phi) is 6.47. The molecule has 2 rings (SSSR count). The summed E-state index contributed by atoms with van der Waals surface area (Å²) in [6.07, 6.45) is 0.919. The van der Waals surface area contributed by atoms with Crippen LogP contribution in [0.4, 0.5) is 17.1 Å². The maximum absolute atomic E-state index is 12.4. The Bertz CT molecular complexity index is 1030. The third kappa shape index (κ3) is 5.11. The van der Waals surface area contributed by atoms with Crippen LogP contribution in [0.25, 0.3) is 0 Å². The van der Waals surface area contributed by atoms with Crippen LogP contribution in [0.1, 0.15) is 5.56 Å². The Labute approximate surface area is 167 Å². The topological polar surface area (TPSA) is 119 Å². The molecule has 0 saturated heterocycles. The summed E-state index contributed by atoms with van der Waals surface area (Å²) in [4.78, 5) is 22.8. The van der Waals surface area contributed by atoms with E-state index < -0.39 is 27.4 Å². The summed E-state index contributed by atoms with van der Waals surface area (Å²) in [5.41, 5.74) is 0.590. The Hall–Kier alpha value is -2.85. The number of sulfonamides is 1.